The van der Waals surface area contributed by atoms with E-state index in [9.17, 15) is 0 Å². The first kappa shape index (κ1) is 9.02. The maximum Gasteiger partial charge on any atom is 0.104 e. The van der Waals surface area contributed by atoms with Crippen LogP contribution >= 0.6 is 0 Å². The van der Waals surface area contributed by atoms with Gasteiger partial charge >= 0.3 is 0 Å². The van der Waals surface area contributed by atoms with Gasteiger partial charge in [0.05, 0.1) is 6.07 Å². The van der Waals surface area contributed by atoms with Gasteiger partial charge in [0, 0.05) is 0 Å². The van der Waals surface area contributed by atoms with E-state index >= 15 is 0 Å². The standard InChI is InChI=1S/C11H18N2/c1-11(8-12,6-9-2-3-9)13-7-10-4-5-10/h9-10,13H,2-7H2,1H3. The molecular formula is C11H18N2. The molecule has 1 atom stereocenters. The average molecular weight is 178 g/mol. The Labute approximate surface area is 80.3 Å². The van der Waals surface area contributed by atoms with Gasteiger partial charge < -0.3 is 0 Å². The zero-order chi connectivity index (χ0) is 9.31. The number of rotatable bonds is 5. The van der Waals surface area contributed by atoms with Gasteiger partial charge in [-0.25, -0.2) is 0 Å². The minimum Gasteiger partial charge on any atom is -0.299 e. The molecule has 0 saturated heterocycles. The van der Waals surface area contributed by atoms with Crippen LogP contribution in [0.4, 0.5) is 0 Å². The first-order valence-corrected chi connectivity index (χ1v) is 5.38. The van der Waals surface area contributed by atoms with Gasteiger partial charge in [-0.3, -0.25) is 5.32 Å². The van der Waals surface area contributed by atoms with Crippen molar-refractivity contribution in [2.75, 3.05) is 6.54 Å². The third kappa shape index (κ3) is 2.70. The molecule has 0 aliphatic heterocycles. The second kappa shape index (κ2) is 3.31. The number of hydrogen-bond acceptors (Lipinski definition) is 2. The van der Waals surface area contributed by atoms with Crippen LogP contribution in [0.1, 0.15) is 39.0 Å². The third-order valence-electron chi connectivity index (χ3n) is 3.12. The Morgan fingerprint density at radius 2 is 1.92 bits per heavy atom. The summed E-state index contributed by atoms with van der Waals surface area (Å²) in [4.78, 5) is 0. The van der Waals surface area contributed by atoms with E-state index in [1.807, 2.05) is 6.92 Å². The maximum atomic E-state index is 9.08. The van der Waals surface area contributed by atoms with Crippen molar-refractivity contribution in [1.29, 1.82) is 5.26 Å². The van der Waals surface area contributed by atoms with Crippen LogP contribution in [0.3, 0.4) is 0 Å². The molecule has 13 heavy (non-hydrogen) atoms. The van der Waals surface area contributed by atoms with Crippen LogP contribution in [0.15, 0.2) is 0 Å². The first-order valence-electron chi connectivity index (χ1n) is 5.38. The van der Waals surface area contributed by atoms with E-state index in [0.29, 0.717) is 0 Å². The van der Waals surface area contributed by atoms with Crippen LogP contribution in [-0.4, -0.2) is 12.1 Å². The molecule has 2 rings (SSSR count). The lowest BCUT2D eigenvalue weighted by molar-refractivity contribution is 0.390. The fourth-order valence-corrected chi connectivity index (χ4v) is 1.75. The van der Waals surface area contributed by atoms with Crippen LogP contribution in [0.5, 0.6) is 0 Å². The Kier molecular flexibility index (Phi) is 2.29. The zero-order valence-electron chi connectivity index (χ0n) is 8.34. The molecule has 2 heteroatoms. The van der Waals surface area contributed by atoms with Gasteiger partial charge in [-0.15, -0.1) is 0 Å². The van der Waals surface area contributed by atoms with E-state index < -0.39 is 0 Å². The monoisotopic (exact) mass is 178 g/mol. The second-order valence-corrected chi connectivity index (χ2v) is 4.92. The topological polar surface area (TPSA) is 35.8 Å². The molecule has 0 aromatic rings. The Hall–Kier alpha value is -0.550. The highest BCUT2D eigenvalue weighted by Crippen LogP contribution is 2.37. The van der Waals surface area contributed by atoms with Gasteiger partial charge in [-0.2, -0.15) is 5.26 Å². The molecule has 0 bridgehead atoms. The second-order valence-electron chi connectivity index (χ2n) is 4.92. The van der Waals surface area contributed by atoms with Gasteiger partial charge in [0.15, 0.2) is 0 Å². The van der Waals surface area contributed by atoms with Crippen molar-refractivity contribution >= 4 is 0 Å². The molecule has 2 nitrogen and oxygen atoms in total. The molecule has 0 aromatic carbocycles. The maximum absolute atomic E-state index is 9.08. The minimum absolute atomic E-state index is 0.246. The van der Waals surface area contributed by atoms with E-state index in [1.54, 1.807) is 0 Å². The summed E-state index contributed by atoms with van der Waals surface area (Å²) in [5.74, 6) is 1.70. The summed E-state index contributed by atoms with van der Waals surface area (Å²) in [6.07, 6.45) is 6.44. The van der Waals surface area contributed by atoms with Crippen molar-refractivity contribution in [3.05, 3.63) is 0 Å². The quantitative estimate of drug-likeness (QED) is 0.699. The van der Waals surface area contributed by atoms with Crippen molar-refractivity contribution in [2.45, 2.75) is 44.6 Å². The molecule has 1 unspecified atom stereocenters. The number of nitrogens with one attached hydrogen (secondary N) is 1. The molecule has 2 aliphatic rings. The number of nitrogens with zero attached hydrogens (tertiary/aromatic N) is 1. The molecule has 0 amide bonds. The molecule has 0 aromatic heterocycles. The van der Waals surface area contributed by atoms with Crippen LogP contribution < -0.4 is 5.32 Å². The molecule has 2 aliphatic carbocycles. The Bertz CT molecular complexity index is 223. The molecule has 1 N–H and O–H groups in total. The van der Waals surface area contributed by atoms with Crippen LogP contribution in [0, 0.1) is 23.2 Å². The molecule has 0 spiro atoms. The van der Waals surface area contributed by atoms with Crippen molar-refractivity contribution in [3.8, 4) is 6.07 Å². The Balaban J connectivity index is 1.77. The molecule has 2 saturated carbocycles. The summed E-state index contributed by atoms with van der Waals surface area (Å²) in [5.41, 5.74) is -0.246. The van der Waals surface area contributed by atoms with Crippen LogP contribution in [-0.2, 0) is 0 Å². The first-order chi connectivity index (χ1) is 6.22. The van der Waals surface area contributed by atoms with Crippen LogP contribution in [0.25, 0.3) is 0 Å². The average Bonchev–Trinajstić information content (AvgIpc) is 2.96. The lowest BCUT2D eigenvalue weighted by Crippen LogP contribution is -2.42. The lowest BCUT2D eigenvalue weighted by Gasteiger charge is -2.23. The summed E-state index contributed by atoms with van der Waals surface area (Å²) in [6.45, 7) is 3.10. The summed E-state index contributed by atoms with van der Waals surface area (Å²) in [6, 6.07) is 2.42. The minimum atomic E-state index is -0.246. The van der Waals surface area contributed by atoms with Crippen LogP contribution in [0.2, 0.25) is 0 Å². The van der Waals surface area contributed by atoms with E-state index in [-0.39, 0.29) is 5.54 Å². The van der Waals surface area contributed by atoms with Gasteiger partial charge in [0.1, 0.15) is 5.54 Å². The highest BCUT2D eigenvalue weighted by molar-refractivity contribution is 5.06. The third-order valence-corrected chi connectivity index (χ3v) is 3.12. The number of nitriles is 1. The highest BCUT2D eigenvalue weighted by atomic mass is 15.0. The van der Waals surface area contributed by atoms with Gasteiger partial charge in [-0.1, -0.05) is 12.8 Å². The van der Waals surface area contributed by atoms with Crippen molar-refractivity contribution in [2.24, 2.45) is 11.8 Å². The van der Waals surface area contributed by atoms with Crippen molar-refractivity contribution < 1.29 is 0 Å². The van der Waals surface area contributed by atoms with Crippen molar-refractivity contribution in [3.63, 3.8) is 0 Å². The van der Waals surface area contributed by atoms with Gasteiger partial charge in [0.2, 0.25) is 0 Å². The van der Waals surface area contributed by atoms with E-state index in [0.717, 1.165) is 24.8 Å². The predicted octanol–water partition coefficient (Wildman–Crippen LogP) is 2.07. The van der Waals surface area contributed by atoms with E-state index in [2.05, 4.69) is 11.4 Å². The predicted molar refractivity (Wildman–Crippen MR) is 52.1 cm³/mol. The van der Waals surface area contributed by atoms with E-state index in [4.69, 9.17) is 5.26 Å². The normalized spacial score (nSPS) is 26.5. The molecule has 0 heterocycles. The fraction of sp³-hybridized carbons (Fsp3) is 0.909. The summed E-state index contributed by atoms with van der Waals surface area (Å²) >= 11 is 0. The summed E-state index contributed by atoms with van der Waals surface area (Å²) in [7, 11) is 0. The molecular weight excluding hydrogens is 160 g/mol. The number of hydrogen-bond donors (Lipinski definition) is 1. The lowest BCUT2D eigenvalue weighted by atomic mass is 9.96. The summed E-state index contributed by atoms with van der Waals surface area (Å²) in [5, 5.41) is 12.5. The van der Waals surface area contributed by atoms with E-state index in [1.165, 1.54) is 25.7 Å². The molecule has 2 fully saturated rings. The smallest absolute Gasteiger partial charge is 0.104 e. The Morgan fingerprint density at radius 3 is 2.38 bits per heavy atom. The zero-order valence-corrected chi connectivity index (χ0v) is 8.34. The molecule has 0 radical (unpaired) electrons. The SMILES string of the molecule is CC(C#N)(CC1CC1)NCC1CC1. The largest absolute Gasteiger partial charge is 0.299 e. The fourth-order valence-electron chi connectivity index (χ4n) is 1.75. The Morgan fingerprint density at radius 1 is 1.31 bits per heavy atom. The van der Waals surface area contributed by atoms with Crippen molar-refractivity contribution in [1.82, 2.24) is 5.32 Å². The highest BCUT2D eigenvalue weighted by Gasteiger charge is 2.34. The van der Waals surface area contributed by atoms with Gasteiger partial charge in [0.25, 0.3) is 0 Å². The molecule has 72 valence electrons. The summed E-state index contributed by atoms with van der Waals surface area (Å²) < 4.78 is 0. The van der Waals surface area contributed by atoms with Gasteiger partial charge in [-0.05, 0) is 44.6 Å².